The molecule has 0 unspecified atom stereocenters. The topological polar surface area (TPSA) is 31.2 Å². The van der Waals surface area contributed by atoms with E-state index in [0.29, 0.717) is 0 Å². The van der Waals surface area contributed by atoms with Crippen molar-refractivity contribution in [2.24, 2.45) is 0 Å². The van der Waals surface area contributed by atoms with E-state index in [-0.39, 0.29) is 23.0 Å². The Morgan fingerprint density at radius 3 is 2.16 bits per heavy atom. The number of hydrogen-bond acceptors (Lipinski definition) is 2. The molecule has 2 aliphatic heterocycles. The third-order valence-electron chi connectivity index (χ3n) is 12.4. The highest BCUT2D eigenvalue weighted by molar-refractivity contribution is 6.99. The maximum Gasteiger partial charge on any atom is 0.247 e. The summed E-state index contributed by atoms with van der Waals surface area (Å²) < 4.78 is 15.7. The van der Waals surface area contributed by atoms with Crippen LogP contribution in [0.5, 0.6) is 0 Å². The van der Waals surface area contributed by atoms with E-state index in [9.17, 15) is 0 Å². The van der Waals surface area contributed by atoms with Gasteiger partial charge in [0.1, 0.15) is 22.3 Å². The number of furan rings is 2. The Balaban J connectivity index is 1.29. The molecule has 0 bridgehead atoms. The molecule has 0 amide bonds. The highest BCUT2D eigenvalue weighted by Crippen LogP contribution is 2.44. The third-order valence-corrected chi connectivity index (χ3v) is 12.4. The second kappa shape index (κ2) is 9.17. The number of nitrogens with zero attached hydrogens (tertiary/aromatic N) is 1. The number of rotatable bonds is 0. The van der Waals surface area contributed by atoms with Gasteiger partial charge in [0.2, 0.25) is 6.71 Å². The van der Waals surface area contributed by atoms with Gasteiger partial charge in [-0.05, 0) is 92.5 Å². The molecule has 6 aromatic carbocycles. The Morgan fingerprint density at radius 2 is 1.35 bits per heavy atom. The van der Waals surface area contributed by atoms with Crippen molar-refractivity contribution in [1.29, 1.82) is 0 Å². The van der Waals surface area contributed by atoms with Crippen LogP contribution in [0, 0.1) is 0 Å². The number of aromatic nitrogens is 1. The van der Waals surface area contributed by atoms with Crippen molar-refractivity contribution in [3.63, 3.8) is 0 Å². The average Bonchev–Trinajstić information content (AvgIpc) is 3.76. The molecule has 9 aromatic rings. The predicted molar refractivity (Wildman–Crippen MR) is 216 cm³/mol. The second-order valence-corrected chi connectivity index (χ2v) is 17.8. The highest BCUT2D eigenvalue weighted by Gasteiger charge is 2.46. The minimum absolute atomic E-state index is 0.0131. The van der Waals surface area contributed by atoms with Gasteiger partial charge in [-0.2, -0.15) is 0 Å². The number of benzene rings is 6. The molecule has 0 saturated carbocycles. The van der Waals surface area contributed by atoms with E-state index >= 15 is 0 Å². The minimum atomic E-state index is -0.234. The van der Waals surface area contributed by atoms with E-state index in [1.54, 1.807) is 0 Å². The van der Waals surface area contributed by atoms with Crippen molar-refractivity contribution in [3.8, 4) is 5.69 Å². The molecule has 0 spiro atoms. The summed E-state index contributed by atoms with van der Waals surface area (Å²) in [5, 5.41) is 7.14. The standard InChI is InChI=1S/C47H40BNO2/c1-45(2,3)25-16-18-36-29(20-25)31-21-26(46(4,5)6)22-35-43(31)49(36)37-14-11-13-32-42(37)48(35)34-23-30-27-17-19-39-41(28-12-9-10-15-38(28)50-39)44(27)51-40(30)24-33(34)47(32,7)8/h9-24H,1-8H3. The Kier molecular flexibility index (Phi) is 5.30. The highest BCUT2D eigenvalue weighted by atomic mass is 16.3. The molecule has 3 nitrogen and oxygen atoms in total. The third kappa shape index (κ3) is 3.65. The van der Waals surface area contributed by atoms with E-state index in [1.165, 1.54) is 66.1 Å². The van der Waals surface area contributed by atoms with Gasteiger partial charge in [-0.25, -0.2) is 0 Å². The summed E-state index contributed by atoms with van der Waals surface area (Å²) in [5.74, 6) is 0. The lowest BCUT2D eigenvalue weighted by Crippen LogP contribution is -2.63. The smallest absolute Gasteiger partial charge is 0.247 e. The van der Waals surface area contributed by atoms with Crippen molar-refractivity contribution < 1.29 is 8.83 Å². The first-order valence-corrected chi connectivity index (χ1v) is 18.4. The molecule has 0 atom stereocenters. The molecular weight excluding hydrogens is 621 g/mol. The van der Waals surface area contributed by atoms with Crippen LogP contribution in [0.3, 0.4) is 0 Å². The molecule has 248 valence electrons. The Morgan fingerprint density at radius 1 is 0.569 bits per heavy atom. The second-order valence-electron chi connectivity index (χ2n) is 17.8. The fourth-order valence-electron chi connectivity index (χ4n) is 9.65. The van der Waals surface area contributed by atoms with E-state index < -0.39 is 0 Å². The first-order valence-electron chi connectivity index (χ1n) is 18.4. The molecule has 0 aliphatic carbocycles. The monoisotopic (exact) mass is 661 g/mol. The molecule has 2 aliphatic rings. The number of para-hydroxylation sites is 1. The van der Waals surface area contributed by atoms with Gasteiger partial charge in [-0.3, -0.25) is 0 Å². The Labute approximate surface area is 297 Å². The van der Waals surface area contributed by atoms with E-state index in [2.05, 4.69) is 145 Å². The van der Waals surface area contributed by atoms with Gasteiger partial charge < -0.3 is 13.4 Å². The lowest BCUT2D eigenvalue weighted by Gasteiger charge is -2.42. The van der Waals surface area contributed by atoms with E-state index in [1.807, 2.05) is 12.1 Å². The van der Waals surface area contributed by atoms with Gasteiger partial charge in [0.05, 0.1) is 10.9 Å². The molecule has 51 heavy (non-hydrogen) atoms. The van der Waals surface area contributed by atoms with Gasteiger partial charge in [-0.1, -0.05) is 109 Å². The summed E-state index contributed by atoms with van der Waals surface area (Å²) in [6, 6.07) is 36.6. The average molecular weight is 662 g/mol. The molecule has 0 N–H and O–H groups in total. The van der Waals surface area contributed by atoms with E-state index in [4.69, 9.17) is 8.83 Å². The van der Waals surface area contributed by atoms with Crippen LogP contribution in [-0.4, -0.2) is 11.3 Å². The fourth-order valence-corrected chi connectivity index (χ4v) is 9.65. The normalized spacial score (nSPS) is 15.2. The zero-order chi connectivity index (χ0) is 34.9. The van der Waals surface area contributed by atoms with Crippen LogP contribution in [0.15, 0.2) is 106 Å². The molecule has 5 heterocycles. The molecule has 0 radical (unpaired) electrons. The van der Waals surface area contributed by atoms with Gasteiger partial charge >= 0.3 is 0 Å². The molecule has 11 rings (SSSR count). The Hall–Kier alpha value is -5.22. The molecule has 0 saturated heterocycles. The molecule has 3 aromatic heterocycles. The van der Waals surface area contributed by atoms with Crippen molar-refractivity contribution >= 4 is 88.8 Å². The lowest BCUT2D eigenvalue weighted by atomic mass is 9.30. The molecule has 4 heteroatoms. The SMILES string of the molecule is CC(C)(C)c1ccc2c(c1)c1cc(C(C)(C)C)cc3c1n2-c1cccc2c1B3c1cc3c(cc1C2(C)C)oc1c3ccc2oc3ccccc3c21. The van der Waals surface area contributed by atoms with Crippen LogP contribution in [0.2, 0.25) is 0 Å². The zero-order valence-electron chi connectivity index (χ0n) is 30.6. The van der Waals surface area contributed by atoms with Crippen molar-refractivity contribution in [3.05, 3.63) is 119 Å². The summed E-state index contributed by atoms with van der Waals surface area (Å²) in [6.07, 6.45) is 0. The summed E-state index contributed by atoms with van der Waals surface area (Å²) in [5.41, 5.74) is 17.0. The maximum atomic E-state index is 6.88. The molecular formula is C47H40BNO2. The first-order chi connectivity index (χ1) is 24.3. The quantitative estimate of drug-likeness (QED) is 0.152. The van der Waals surface area contributed by atoms with Crippen molar-refractivity contribution in [2.75, 3.05) is 0 Å². The van der Waals surface area contributed by atoms with Crippen LogP contribution in [0.1, 0.15) is 77.6 Å². The van der Waals surface area contributed by atoms with Crippen LogP contribution in [0.4, 0.5) is 0 Å². The lowest BCUT2D eigenvalue weighted by molar-refractivity contribution is 0.590. The number of hydrogen-bond donors (Lipinski definition) is 0. The maximum absolute atomic E-state index is 6.88. The summed E-state index contributed by atoms with van der Waals surface area (Å²) >= 11 is 0. The fraction of sp³-hybridized carbons (Fsp3) is 0.234. The van der Waals surface area contributed by atoms with Crippen LogP contribution < -0.4 is 16.4 Å². The first kappa shape index (κ1) is 29.5. The van der Waals surface area contributed by atoms with E-state index in [0.717, 1.165) is 43.9 Å². The van der Waals surface area contributed by atoms with Gasteiger partial charge in [0, 0.05) is 43.6 Å². The van der Waals surface area contributed by atoms with Gasteiger partial charge in [-0.15, -0.1) is 0 Å². The summed E-state index contributed by atoms with van der Waals surface area (Å²) in [4.78, 5) is 0. The van der Waals surface area contributed by atoms with Crippen molar-refractivity contribution in [1.82, 2.24) is 4.57 Å². The van der Waals surface area contributed by atoms with Crippen LogP contribution in [0.25, 0.3) is 71.4 Å². The number of fused-ring (bicyclic) bond motifs is 14. The molecule has 0 fully saturated rings. The Bertz CT molecular complexity index is 3020. The minimum Gasteiger partial charge on any atom is -0.456 e. The van der Waals surface area contributed by atoms with Crippen molar-refractivity contribution in [2.45, 2.75) is 71.6 Å². The predicted octanol–water partition coefficient (Wildman–Crippen LogP) is 10.6. The zero-order valence-corrected chi connectivity index (χ0v) is 30.6. The summed E-state index contributed by atoms with van der Waals surface area (Å²) in [7, 11) is 0. The van der Waals surface area contributed by atoms with Gasteiger partial charge in [0.25, 0.3) is 0 Å². The largest absolute Gasteiger partial charge is 0.456 e. The van der Waals surface area contributed by atoms with Crippen LogP contribution >= 0.6 is 0 Å². The van der Waals surface area contributed by atoms with Gasteiger partial charge in [0.15, 0.2) is 0 Å². The summed E-state index contributed by atoms with van der Waals surface area (Å²) in [6.45, 7) is 18.9. The van der Waals surface area contributed by atoms with Crippen LogP contribution in [-0.2, 0) is 16.2 Å².